The highest BCUT2D eigenvalue weighted by Gasteiger charge is 2.25. The van der Waals surface area contributed by atoms with E-state index in [2.05, 4.69) is 19.9 Å². The molecular weight excluding hydrogens is 448 g/mol. The summed E-state index contributed by atoms with van der Waals surface area (Å²) >= 11 is 1.16. The fraction of sp³-hybridized carbons (Fsp3) is 0.227. The minimum atomic E-state index is -3.64. The Morgan fingerprint density at radius 1 is 1.22 bits per heavy atom. The molecule has 0 atom stereocenters. The van der Waals surface area contributed by atoms with Crippen LogP contribution in [0.25, 0.3) is 11.6 Å². The fourth-order valence-corrected chi connectivity index (χ4v) is 6.29. The van der Waals surface area contributed by atoms with Crippen LogP contribution in [0.3, 0.4) is 0 Å². The zero-order valence-corrected chi connectivity index (χ0v) is 18.9. The number of aromatic nitrogens is 3. The van der Waals surface area contributed by atoms with Crippen LogP contribution in [0.2, 0.25) is 0 Å². The van der Waals surface area contributed by atoms with E-state index in [0.29, 0.717) is 43.2 Å². The van der Waals surface area contributed by atoms with Crippen molar-refractivity contribution in [3.63, 3.8) is 0 Å². The number of hydrogen-bond donors (Lipinski definition) is 1. The van der Waals surface area contributed by atoms with E-state index < -0.39 is 9.84 Å². The monoisotopic (exact) mass is 468 g/mol. The summed E-state index contributed by atoms with van der Waals surface area (Å²) in [6, 6.07) is 10.3. The Balaban J connectivity index is 1.33. The van der Waals surface area contributed by atoms with Crippen LogP contribution in [0.4, 0.5) is 0 Å². The number of furan rings is 1. The number of thiazole rings is 1. The first kappa shape index (κ1) is 20.8. The molecule has 8 nitrogen and oxygen atoms in total. The van der Waals surface area contributed by atoms with E-state index in [-0.39, 0.29) is 14.8 Å². The van der Waals surface area contributed by atoms with Crippen LogP contribution in [0.15, 0.2) is 67.3 Å². The van der Waals surface area contributed by atoms with Crippen molar-refractivity contribution >= 4 is 21.2 Å². The molecular formula is C22H20N4O4S2. The predicted molar refractivity (Wildman–Crippen MR) is 119 cm³/mol. The van der Waals surface area contributed by atoms with Crippen molar-refractivity contribution in [2.45, 2.75) is 35.7 Å². The maximum absolute atomic E-state index is 12.9. The smallest absolute Gasteiger partial charge is 0.256 e. The molecule has 0 saturated heterocycles. The molecule has 1 N–H and O–H groups in total. The first-order chi connectivity index (χ1) is 15.4. The molecule has 0 aliphatic carbocycles. The minimum Gasteiger partial charge on any atom is -0.461 e. The van der Waals surface area contributed by atoms with Crippen LogP contribution in [0.1, 0.15) is 21.7 Å². The largest absolute Gasteiger partial charge is 0.461 e. The second-order valence-electron chi connectivity index (χ2n) is 7.69. The summed E-state index contributed by atoms with van der Waals surface area (Å²) in [7, 11) is -3.64. The Morgan fingerprint density at radius 3 is 2.78 bits per heavy atom. The van der Waals surface area contributed by atoms with Crippen molar-refractivity contribution in [3.8, 4) is 11.6 Å². The standard InChI is InChI=1S/C22H20N4O4S2/c1-14-4-6-16(7-5-14)32(28,29)22-23-11-15(31-22)12-26-9-8-18-17(13-26)21(27)25-20(24-18)19-3-2-10-30-19/h2-7,10-11H,8-9,12-13H2,1H3,(H,24,25,27). The number of H-pyrrole nitrogens is 1. The number of benzene rings is 1. The third-order valence-electron chi connectivity index (χ3n) is 5.38. The van der Waals surface area contributed by atoms with Gasteiger partial charge in [0.05, 0.1) is 22.4 Å². The first-order valence-corrected chi connectivity index (χ1v) is 12.3. The van der Waals surface area contributed by atoms with Crippen molar-refractivity contribution in [1.82, 2.24) is 19.9 Å². The van der Waals surface area contributed by atoms with Crippen molar-refractivity contribution in [2.75, 3.05) is 6.54 Å². The summed E-state index contributed by atoms with van der Waals surface area (Å²) < 4.78 is 31.1. The second-order valence-corrected chi connectivity index (χ2v) is 10.9. The molecule has 32 heavy (non-hydrogen) atoms. The zero-order chi connectivity index (χ0) is 22.3. The van der Waals surface area contributed by atoms with Gasteiger partial charge in [0, 0.05) is 37.1 Å². The Kier molecular flexibility index (Phi) is 5.28. The summed E-state index contributed by atoms with van der Waals surface area (Å²) in [5.41, 5.74) is 2.21. The molecule has 4 aromatic rings. The number of fused-ring (bicyclic) bond motifs is 1. The average molecular weight is 469 g/mol. The maximum atomic E-state index is 12.9. The molecule has 1 aromatic carbocycles. The van der Waals surface area contributed by atoms with Gasteiger partial charge < -0.3 is 9.40 Å². The highest BCUT2D eigenvalue weighted by atomic mass is 32.2. The molecule has 5 rings (SSSR count). The van der Waals surface area contributed by atoms with Crippen molar-refractivity contribution in [3.05, 3.63) is 80.9 Å². The molecule has 0 fully saturated rings. The third-order valence-corrected chi connectivity index (χ3v) is 8.52. The molecule has 0 spiro atoms. The molecule has 0 amide bonds. The summed E-state index contributed by atoms with van der Waals surface area (Å²) in [5, 5.41) is 0. The van der Waals surface area contributed by atoms with Crippen molar-refractivity contribution in [1.29, 1.82) is 0 Å². The summed E-state index contributed by atoms with van der Waals surface area (Å²) in [5.74, 6) is 0.958. The lowest BCUT2D eigenvalue weighted by molar-refractivity contribution is 0.244. The second kappa shape index (κ2) is 8.12. The lowest BCUT2D eigenvalue weighted by Crippen LogP contribution is -2.35. The Labute approximate surface area is 188 Å². The Morgan fingerprint density at radius 2 is 2.03 bits per heavy atom. The Hall–Kier alpha value is -3.08. The number of rotatable bonds is 5. The van der Waals surface area contributed by atoms with E-state index in [1.54, 1.807) is 48.9 Å². The highest BCUT2D eigenvalue weighted by molar-refractivity contribution is 7.93. The normalized spacial score (nSPS) is 14.4. The average Bonchev–Trinajstić information content (AvgIpc) is 3.47. The number of nitrogens with zero attached hydrogens (tertiary/aromatic N) is 3. The van der Waals surface area contributed by atoms with E-state index in [1.807, 2.05) is 6.92 Å². The first-order valence-electron chi connectivity index (χ1n) is 10.0. The number of aromatic amines is 1. The number of hydrogen-bond acceptors (Lipinski definition) is 8. The van der Waals surface area contributed by atoms with Crippen LogP contribution >= 0.6 is 11.3 Å². The van der Waals surface area contributed by atoms with Crippen molar-refractivity contribution < 1.29 is 12.8 Å². The summed E-state index contributed by atoms with van der Waals surface area (Å²) in [4.78, 5) is 27.3. The summed E-state index contributed by atoms with van der Waals surface area (Å²) in [6.45, 7) is 3.57. The molecule has 1 aliphatic rings. The van der Waals surface area contributed by atoms with Gasteiger partial charge in [0.15, 0.2) is 11.6 Å². The van der Waals surface area contributed by atoms with Gasteiger partial charge in [-0.3, -0.25) is 9.69 Å². The van der Waals surface area contributed by atoms with E-state index in [9.17, 15) is 13.2 Å². The lowest BCUT2D eigenvalue weighted by atomic mass is 10.1. The quantitative estimate of drug-likeness (QED) is 0.479. The van der Waals surface area contributed by atoms with Crippen LogP contribution < -0.4 is 5.56 Å². The molecule has 0 radical (unpaired) electrons. The molecule has 10 heteroatoms. The van der Waals surface area contributed by atoms with Gasteiger partial charge >= 0.3 is 0 Å². The Bertz CT molecular complexity index is 1420. The van der Waals surface area contributed by atoms with Gasteiger partial charge in [0.2, 0.25) is 14.2 Å². The lowest BCUT2D eigenvalue weighted by Gasteiger charge is -2.26. The van der Waals surface area contributed by atoms with Crippen LogP contribution in [0, 0.1) is 6.92 Å². The zero-order valence-electron chi connectivity index (χ0n) is 17.2. The van der Waals surface area contributed by atoms with Gasteiger partial charge in [-0.25, -0.2) is 18.4 Å². The van der Waals surface area contributed by atoms with Crippen LogP contribution in [-0.4, -0.2) is 34.8 Å². The molecule has 3 aromatic heterocycles. The fourth-order valence-electron chi connectivity index (χ4n) is 3.67. The molecule has 4 heterocycles. The van der Waals surface area contributed by atoms with E-state index in [1.165, 1.54) is 0 Å². The predicted octanol–water partition coefficient (Wildman–Crippen LogP) is 3.19. The van der Waals surface area contributed by atoms with Crippen LogP contribution in [-0.2, 0) is 29.3 Å². The van der Waals surface area contributed by atoms with Gasteiger partial charge in [-0.05, 0) is 31.2 Å². The van der Waals surface area contributed by atoms with Gasteiger partial charge in [-0.1, -0.05) is 17.7 Å². The maximum Gasteiger partial charge on any atom is 0.256 e. The topological polar surface area (TPSA) is 109 Å². The van der Waals surface area contributed by atoms with E-state index >= 15 is 0 Å². The summed E-state index contributed by atoms with van der Waals surface area (Å²) in [6.07, 6.45) is 3.77. The molecule has 164 valence electrons. The van der Waals surface area contributed by atoms with Gasteiger partial charge in [-0.15, -0.1) is 11.3 Å². The van der Waals surface area contributed by atoms with Gasteiger partial charge in [-0.2, -0.15) is 0 Å². The molecule has 0 saturated carbocycles. The number of aryl methyl sites for hydroxylation is 1. The molecule has 1 aliphatic heterocycles. The van der Waals surface area contributed by atoms with Crippen LogP contribution in [0.5, 0.6) is 0 Å². The molecule has 0 bridgehead atoms. The van der Waals surface area contributed by atoms with Crippen molar-refractivity contribution in [2.24, 2.45) is 0 Å². The minimum absolute atomic E-state index is 0.0800. The number of sulfone groups is 1. The number of nitrogens with one attached hydrogen (secondary N) is 1. The van der Waals surface area contributed by atoms with E-state index in [4.69, 9.17) is 4.42 Å². The van der Waals surface area contributed by atoms with Gasteiger partial charge in [0.25, 0.3) is 5.56 Å². The molecule has 0 unspecified atom stereocenters. The third kappa shape index (κ3) is 3.92. The SMILES string of the molecule is Cc1ccc(S(=O)(=O)c2ncc(CN3CCc4nc(-c5ccco5)[nH]c(=O)c4C3)s2)cc1. The van der Waals surface area contributed by atoms with E-state index in [0.717, 1.165) is 27.5 Å². The highest BCUT2D eigenvalue weighted by Crippen LogP contribution is 2.27. The van der Waals surface area contributed by atoms with Gasteiger partial charge in [0.1, 0.15) is 0 Å².